The van der Waals surface area contributed by atoms with Crippen LogP contribution < -0.4 is 19.6 Å². The van der Waals surface area contributed by atoms with E-state index in [1.165, 1.54) is 11.1 Å². The zero-order valence-corrected chi connectivity index (χ0v) is 36.7. The van der Waals surface area contributed by atoms with Crippen LogP contribution in [0, 0.1) is 55.4 Å². The van der Waals surface area contributed by atoms with Gasteiger partial charge in [-0.15, -0.1) is 0 Å². The molecule has 6 aromatic rings. The zero-order chi connectivity index (χ0) is 41.6. The van der Waals surface area contributed by atoms with Crippen molar-refractivity contribution in [3.05, 3.63) is 153 Å². The molecule has 0 aliphatic carbocycles. The van der Waals surface area contributed by atoms with Gasteiger partial charge in [0.05, 0.1) is 45.5 Å². The van der Waals surface area contributed by atoms with E-state index in [1.807, 2.05) is 0 Å². The van der Waals surface area contributed by atoms with Crippen molar-refractivity contribution in [3.63, 3.8) is 0 Å². The Morgan fingerprint density at radius 1 is 0.310 bits per heavy atom. The molecule has 2 aromatic carbocycles. The number of rotatable bonds is 4. The van der Waals surface area contributed by atoms with Gasteiger partial charge in [0.2, 0.25) is 0 Å². The maximum atomic E-state index is 4.87. The number of hydrogen-bond donors (Lipinski definition) is 0. The number of pyridine rings is 4. The van der Waals surface area contributed by atoms with E-state index in [9.17, 15) is 0 Å². The van der Waals surface area contributed by atoms with E-state index in [4.69, 9.17) is 19.9 Å². The van der Waals surface area contributed by atoms with E-state index in [0.29, 0.717) is 0 Å². The molecule has 8 heteroatoms. The molecule has 0 spiro atoms. The third-order valence-electron chi connectivity index (χ3n) is 11.0. The van der Waals surface area contributed by atoms with Crippen molar-refractivity contribution in [1.29, 1.82) is 0 Å². The van der Waals surface area contributed by atoms with Gasteiger partial charge in [0.1, 0.15) is 0 Å². The minimum Gasteiger partial charge on any atom is -0.291 e. The van der Waals surface area contributed by atoms with Crippen LogP contribution in [0.25, 0.3) is 0 Å². The predicted molar refractivity (Wildman–Crippen MR) is 241 cm³/mol. The maximum Gasteiger partial charge on any atom is 0.166 e. The summed E-state index contributed by atoms with van der Waals surface area (Å²) in [5.41, 5.74) is 18.5. The van der Waals surface area contributed by atoms with Crippen LogP contribution in [-0.4, -0.2) is 19.9 Å². The summed E-state index contributed by atoms with van der Waals surface area (Å²) in [6, 6.07) is 31.6. The maximum absolute atomic E-state index is 4.87. The third kappa shape index (κ3) is 6.88. The van der Waals surface area contributed by atoms with E-state index in [2.05, 4.69) is 201 Å². The summed E-state index contributed by atoms with van der Waals surface area (Å²) in [7, 11) is 0. The molecule has 0 fully saturated rings. The Hall–Kier alpha value is -6.02. The van der Waals surface area contributed by atoms with Gasteiger partial charge in [0, 0.05) is 45.6 Å². The van der Waals surface area contributed by atoms with Crippen LogP contribution in [0.4, 0.5) is 45.5 Å². The Bertz CT molecular complexity index is 2400. The lowest BCUT2D eigenvalue weighted by atomic mass is 9.86. The number of nitrogens with zero attached hydrogens (tertiary/aromatic N) is 8. The molecule has 0 saturated heterocycles. The van der Waals surface area contributed by atoms with Crippen LogP contribution >= 0.6 is 0 Å². The molecule has 8 rings (SSSR count). The smallest absolute Gasteiger partial charge is 0.166 e. The molecule has 0 bridgehead atoms. The fourth-order valence-electron chi connectivity index (χ4n) is 8.58. The SMILES string of the molecule is Cc1cc(N2/C(=C3/N(c4cc(C)nc(C)c4)c4ccc(C(C)(C)C)cc4N3c3cc(C)nc(C)c3)N(c3cc(C)nc(C)c3)c3cc(C(C)(C)C)ccc32)cc(C)n1. The van der Waals surface area contributed by atoms with E-state index < -0.39 is 0 Å². The first-order chi connectivity index (χ1) is 27.3. The van der Waals surface area contributed by atoms with Crippen LogP contribution in [0.2, 0.25) is 0 Å². The van der Waals surface area contributed by atoms with Crippen molar-refractivity contribution in [2.45, 2.75) is 108 Å². The van der Waals surface area contributed by atoms with Crippen LogP contribution in [0.15, 0.2) is 96.6 Å². The number of benzene rings is 2. The lowest BCUT2D eigenvalue weighted by molar-refractivity contribution is 0.590. The molecule has 0 N–H and O–H groups in total. The first-order valence-corrected chi connectivity index (χ1v) is 20.3. The fraction of sp³-hybridized carbons (Fsp3) is 0.320. The van der Waals surface area contributed by atoms with Crippen molar-refractivity contribution in [1.82, 2.24) is 19.9 Å². The molecule has 8 nitrogen and oxygen atoms in total. The van der Waals surface area contributed by atoms with Crippen LogP contribution in [0.3, 0.4) is 0 Å². The van der Waals surface area contributed by atoms with Gasteiger partial charge >= 0.3 is 0 Å². The highest BCUT2D eigenvalue weighted by Crippen LogP contribution is 2.58. The van der Waals surface area contributed by atoms with Gasteiger partial charge in [-0.1, -0.05) is 53.7 Å². The number of aryl methyl sites for hydroxylation is 8. The van der Waals surface area contributed by atoms with E-state index >= 15 is 0 Å². The van der Waals surface area contributed by atoms with Crippen molar-refractivity contribution in [3.8, 4) is 0 Å². The van der Waals surface area contributed by atoms with Gasteiger partial charge in [-0.25, -0.2) is 0 Å². The molecule has 0 atom stereocenters. The highest BCUT2D eigenvalue weighted by Gasteiger charge is 2.45. The quantitative estimate of drug-likeness (QED) is 0.176. The van der Waals surface area contributed by atoms with Gasteiger partial charge < -0.3 is 0 Å². The summed E-state index contributed by atoms with van der Waals surface area (Å²) in [5, 5.41) is 0. The van der Waals surface area contributed by atoms with Gasteiger partial charge in [-0.05, 0) is 150 Å². The van der Waals surface area contributed by atoms with Crippen LogP contribution in [0.1, 0.15) is 98.2 Å². The molecule has 0 unspecified atom stereocenters. The molecular formula is C50H56N8. The van der Waals surface area contributed by atoms with Gasteiger partial charge in [0.15, 0.2) is 11.6 Å². The predicted octanol–water partition coefficient (Wildman–Crippen LogP) is 12.7. The Morgan fingerprint density at radius 2 is 0.534 bits per heavy atom. The second-order valence-electron chi connectivity index (χ2n) is 18.3. The zero-order valence-electron chi connectivity index (χ0n) is 36.7. The molecule has 4 aromatic heterocycles. The summed E-state index contributed by atoms with van der Waals surface area (Å²) in [6.45, 7) is 30.4. The Labute approximate surface area is 345 Å². The number of fused-ring (bicyclic) bond motifs is 2. The van der Waals surface area contributed by atoms with Crippen molar-refractivity contribution in [2.24, 2.45) is 0 Å². The second kappa shape index (κ2) is 13.8. The summed E-state index contributed by atoms with van der Waals surface area (Å²) in [6.07, 6.45) is 0. The molecule has 0 radical (unpaired) electrons. The summed E-state index contributed by atoms with van der Waals surface area (Å²) in [5.74, 6) is 1.98. The average molecular weight is 769 g/mol. The summed E-state index contributed by atoms with van der Waals surface area (Å²) >= 11 is 0. The van der Waals surface area contributed by atoms with Gasteiger partial charge in [-0.2, -0.15) is 0 Å². The van der Waals surface area contributed by atoms with Crippen molar-refractivity contribution in [2.75, 3.05) is 19.6 Å². The highest BCUT2D eigenvalue weighted by molar-refractivity contribution is 6.00. The molecule has 296 valence electrons. The summed E-state index contributed by atoms with van der Waals surface area (Å²) < 4.78 is 0. The molecule has 2 aliphatic heterocycles. The topological polar surface area (TPSA) is 64.5 Å². The van der Waals surface area contributed by atoms with Crippen molar-refractivity contribution >= 4 is 45.5 Å². The number of anilines is 8. The molecule has 58 heavy (non-hydrogen) atoms. The van der Waals surface area contributed by atoms with E-state index in [0.717, 1.165) is 103 Å². The molecule has 6 heterocycles. The molecule has 0 amide bonds. The number of aromatic nitrogens is 4. The first-order valence-electron chi connectivity index (χ1n) is 20.3. The molecular weight excluding hydrogens is 713 g/mol. The van der Waals surface area contributed by atoms with E-state index in [-0.39, 0.29) is 10.8 Å². The standard InChI is InChI=1S/C50H56N8/c1-29-19-39(20-30(2)51-29)55-43-17-15-37(49(9,10)11)27-45(43)57(41-23-33(5)53-34(6)24-41)47(55)48-56(40-21-31(3)52-32(4)22-40)44-18-16-38(50(12,13)14)28-46(44)58(48)42-25-35(7)54-36(8)26-42/h15-28H,1-14H3/b48-47+. The van der Waals surface area contributed by atoms with Crippen molar-refractivity contribution < 1.29 is 0 Å². The third-order valence-corrected chi connectivity index (χ3v) is 11.0. The largest absolute Gasteiger partial charge is 0.291 e. The highest BCUT2D eigenvalue weighted by atomic mass is 15.5. The lowest BCUT2D eigenvalue weighted by Gasteiger charge is -2.34. The second-order valence-corrected chi connectivity index (χ2v) is 18.3. The van der Waals surface area contributed by atoms with Gasteiger partial charge in [0.25, 0.3) is 0 Å². The Kier molecular flexibility index (Phi) is 9.26. The molecule has 2 aliphatic rings. The van der Waals surface area contributed by atoms with Crippen LogP contribution in [0.5, 0.6) is 0 Å². The lowest BCUT2D eigenvalue weighted by Crippen LogP contribution is -2.33. The monoisotopic (exact) mass is 768 g/mol. The normalized spacial score (nSPS) is 15.4. The van der Waals surface area contributed by atoms with E-state index in [1.54, 1.807) is 0 Å². The average Bonchev–Trinajstić information content (AvgIpc) is 3.61. The summed E-state index contributed by atoms with van der Waals surface area (Å²) in [4.78, 5) is 29.3. The fourth-order valence-corrected chi connectivity index (χ4v) is 8.58. The number of hydrogen-bond acceptors (Lipinski definition) is 8. The first kappa shape index (κ1) is 38.8. The Balaban J connectivity index is 1.61. The Morgan fingerprint density at radius 3 is 0.759 bits per heavy atom. The molecule has 0 saturated carbocycles. The van der Waals surface area contributed by atoms with Gasteiger partial charge in [-0.3, -0.25) is 39.5 Å². The minimum atomic E-state index is -0.0848. The minimum absolute atomic E-state index is 0.0848. The van der Waals surface area contributed by atoms with Crippen LogP contribution in [-0.2, 0) is 10.8 Å².